The minimum atomic E-state index is -0.620. The summed E-state index contributed by atoms with van der Waals surface area (Å²) in [5.74, 6) is -0.558. The number of ketones is 1. The molecule has 0 rings (SSSR count). The smallest absolute Gasteiger partial charge is 0.317 e. The van der Waals surface area contributed by atoms with E-state index in [1.807, 2.05) is 0 Å². The van der Waals surface area contributed by atoms with Gasteiger partial charge in [0.25, 0.3) is 0 Å². The van der Waals surface area contributed by atoms with Crippen LogP contribution in [0.25, 0.3) is 0 Å². The molecule has 0 heterocycles. The first-order valence-electron chi connectivity index (χ1n) is 2.83. The van der Waals surface area contributed by atoms with Gasteiger partial charge >= 0.3 is 5.97 Å². The van der Waals surface area contributed by atoms with Crippen LogP contribution in [-0.4, -0.2) is 23.2 Å². The van der Waals surface area contributed by atoms with E-state index in [2.05, 4.69) is 20.7 Å². The van der Waals surface area contributed by atoms with Gasteiger partial charge in [-0.25, -0.2) is 0 Å². The fraction of sp³-hybridized carbons (Fsp3) is 0.667. The predicted molar refractivity (Wildman–Crippen MR) is 40.0 cm³/mol. The van der Waals surface area contributed by atoms with E-state index in [0.717, 1.165) is 0 Å². The molecular formula is C6H9BrO3. The molecule has 0 saturated heterocycles. The van der Waals surface area contributed by atoms with Crippen molar-refractivity contribution in [1.82, 2.24) is 0 Å². The van der Waals surface area contributed by atoms with Crippen molar-refractivity contribution >= 4 is 27.7 Å². The van der Waals surface area contributed by atoms with E-state index >= 15 is 0 Å². The molecule has 0 spiro atoms. The third-order valence-corrected chi connectivity index (χ3v) is 1.45. The molecule has 0 radical (unpaired) electrons. The maximum absolute atomic E-state index is 10.5. The number of alkyl halides is 1. The lowest BCUT2D eigenvalue weighted by Gasteiger charge is -2.07. The van der Waals surface area contributed by atoms with Gasteiger partial charge in [0.05, 0.1) is 0 Å². The van der Waals surface area contributed by atoms with Crippen LogP contribution in [0.4, 0.5) is 0 Å². The Bertz CT molecular complexity index is 144. The Morgan fingerprint density at radius 3 is 2.40 bits per heavy atom. The van der Waals surface area contributed by atoms with Gasteiger partial charge in [-0.05, 0) is 13.8 Å². The Morgan fingerprint density at radius 2 is 2.10 bits per heavy atom. The number of ether oxygens (including phenoxy) is 1. The monoisotopic (exact) mass is 208 g/mol. The average molecular weight is 209 g/mol. The number of carbonyl (C=O) groups excluding carboxylic acids is 2. The minimum absolute atomic E-state index is 0.130. The van der Waals surface area contributed by atoms with Crippen molar-refractivity contribution in [3.63, 3.8) is 0 Å². The molecule has 1 atom stereocenters. The summed E-state index contributed by atoms with van der Waals surface area (Å²) < 4.78 is 4.63. The lowest BCUT2D eigenvalue weighted by Crippen LogP contribution is -2.22. The van der Waals surface area contributed by atoms with E-state index in [9.17, 15) is 9.59 Å². The Morgan fingerprint density at radius 1 is 1.60 bits per heavy atom. The Labute approximate surface area is 67.9 Å². The lowest BCUT2D eigenvalue weighted by atomic mass is 10.3. The summed E-state index contributed by atoms with van der Waals surface area (Å²) in [6, 6.07) is 0. The highest BCUT2D eigenvalue weighted by Crippen LogP contribution is 1.94. The fourth-order valence-corrected chi connectivity index (χ4v) is 0.444. The van der Waals surface area contributed by atoms with Crippen LogP contribution < -0.4 is 0 Å². The second-order valence-electron chi connectivity index (χ2n) is 1.88. The normalized spacial score (nSPS) is 12.3. The topological polar surface area (TPSA) is 43.4 Å². The summed E-state index contributed by atoms with van der Waals surface area (Å²) in [4.78, 5) is 21.0. The van der Waals surface area contributed by atoms with Crippen LogP contribution in [0, 0.1) is 0 Å². The number of hydrogen-bond donors (Lipinski definition) is 0. The maximum atomic E-state index is 10.5. The van der Waals surface area contributed by atoms with Crippen molar-refractivity contribution in [2.45, 2.75) is 20.0 Å². The van der Waals surface area contributed by atoms with Crippen LogP contribution in [0.15, 0.2) is 0 Å². The fourth-order valence-electron chi connectivity index (χ4n) is 0.312. The number of halogens is 1. The van der Waals surface area contributed by atoms with Gasteiger partial charge in [-0.3, -0.25) is 9.59 Å². The molecule has 0 aliphatic heterocycles. The molecule has 1 unspecified atom stereocenters. The van der Waals surface area contributed by atoms with Crippen LogP contribution in [-0.2, 0) is 14.3 Å². The van der Waals surface area contributed by atoms with Crippen molar-refractivity contribution in [2.75, 3.05) is 5.33 Å². The summed E-state index contributed by atoms with van der Waals surface area (Å²) in [7, 11) is 0. The van der Waals surface area contributed by atoms with Crippen LogP contribution >= 0.6 is 15.9 Å². The summed E-state index contributed by atoms with van der Waals surface area (Å²) in [5, 5.41) is 0.130. The van der Waals surface area contributed by atoms with Crippen LogP contribution in [0.1, 0.15) is 13.8 Å². The van der Waals surface area contributed by atoms with Gasteiger partial charge in [0.1, 0.15) is 5.33 Å². The number of carbonyl (C=O) groups is 2. The average Bonchev–Trinajstić information content (AvgIpc) is 1.87. The molecule has 0 fully saturated rings. The number of Topliss-reactive ketones (excluding diaryl/α,β-unsaturated/α-hetero) is 1. The molecule has 0 aromatic carbocycles. The quantitative estimate of drug-likeness (QED) is 0.512. The molecule has 0 aliphatic rings. The van der Waals surface area contributed by atoms with Crippen LogP contribution in [0.5, 0.6) is 0 Å². The molecular weight excluding hydrogens is 200 g/mol. The first kappa shape index (κ1) is 9.62. The molecule has 0 saturated carbocycles. The van der Waals surface area contributed by atoms with Gasteiger partial charge in [0, 0.05) is 0 Å². The van der Waals surface area contributed by atoms with Gasteiger partial charge in [-0.1, -0.05) is 15.9 Å². The molecule has 0 aromatic heterocycles. The molecule has 0 amide bonds. The van der Waals surface area contributed by atoms with Crippen molar-refractivity contribution in [3.8, 4) is 0 Å². The lowest BCUT2D eigenvalue weighted by molar-refractivity contribution is -0.150. The van der Waals surface area contributed by atoms with Crippen LogP contribution in [0.2, 0.25) is 0 Å². The molecule has 58 valence electrons. The molecule has 10 heavy (non-hydrogen) atoms. The Kier molecular flexibility index (Phi) is 4.27. The number of esters is 1. The van der Waals surface area contributed by atoms with E-state index in [1.165, 1.54) is 6.92 Å². The maximum Gasteiger partial charge on any atom is 0.317 e. The second kappa shape index (κ2) is 4.44. The number of rotatable bonds is 3. The molecule has 0 bridgehead atoms. The largest absolute Gasteiger partial charge is 0.454 e. The molecule has 4 heteroatoms. The van der Waals surface area contributed by atoms with Gasteiger partial charge in [0.2, 0.25) is 0 Å². The minimum Gasteiger partial charge on any atom is -0.454 e. The first-order valence-corrected chi connectivity index (χ1v) is 3.96. The molecule has 0 N–H and O–H groups in total. The second-order valence-corrected chi connectivity index (χ2v) is 2.44. The third-order valence-electron chi connectivity index (χ3n) is 0.990. The van der Waals surface area contributed by atoms with Crippen LogP contribution in [0.3, 0.4) is 0 Å². The molecule has 3 nitrogen and oxygen atoms in total. The van der Waals surface area contributed by atoms with Crippen molar-refractivity contribution in [1.29, 1.82) is 0 Å². The zero-order chi connectivity index (χ0) is 8.15. The summed E-state index contributed by atoms with van der Waals surface area (Å²) >= 11 is 2.91. The SMILES string of the molecule is CC(=O)C(C)OC(=O)CBr. The Balaban J connectivity index is 3.68. The molecule has 0 aliphatic carbocycles. The Hall–Kier alpha value is -0.380. The van der Waals surface area contributed by atoms with Gasteiger partial charge in [-0.15, -0.1) is 0 Å². The van der Waals surface area contributed by atoms with E-state index in [0.29, 0.717) is 0 Å². The predicted octanol–water partition coefficient (Wildman–Crippen LogP) is 0.902. The van der Waals surface area contributed by atoms with Crippen molar-refractivity contribution in [2.24, 2.45) is 0 Å². The summed E-state index contributed by atoms with van der Waals surface area (Å²) in [5.41, 5.74) is 0. The molecule has 0 aromatic rings. The summed E-state index contributed by atoms with van der Waals surface area (Å²) in [6.45, 7) is 2.93. The van der Waals surface area contributed by atoms with Crippen molar-refractivity contribution < 1.29 is 14.3 Å². The number of hydrogen-bond acceptors (Lipinski definition) is 3. The van der Waals surface area contributed by atoms with E-state index in [1.54, 1.807) is 6.92 Å². The van der Waals surface area contributed by atoms with Gasteiger partial charge in [0.15, 0.2) is 11.9 Å². The zero-order valence-corrected chi connectivity index (χ0v) is 7.47. The highest BCUT2D eigenvalue weighted by molar-refractivity contribution is 9.09. The van der Waals surface area contributed by atoms with E-state index in [4.69, 9.17) is 0 Å². The summed E-state index contributed by atoms with van der Waals surface area (Å²) in [6.07, 6.45) is -0.620. The van der Waals surface area contributed by atoms with Crippen molar-refractivity contribution in [3.05, 3.63) is 0 Å². The highest BCUT2D eigenvalue weighted by atomic mass is 79.9. The van der Waals surface area contributed by atoms with Gasteiger partial charge in [-0.2, -0.15) is 0 Å². The van der Waals surface area contributed by atoms with E-state index in [-0.39, 0.29) is 11.1 Å². The zero-order valence-electron chi connectivity index (χ0n) is 5.89. The third kappa shape index (κ3) is 3.61. The standard InChI is InChI=1S/C6H9BrO3/c1-4(8)5(2)10-6(9)3-7/h5H,3H2,1-2H3. The van der Waals surface area contributed by atoms with E-state index < -0.39 is 12.1 Å². The van der Waals surface area contributed by atoms with Gasteiger partial charge < -0.3 is 4.74 Å². The highest BCUT2D eigenvalue weighted by Gasteiger charge is 2.11. The first-order chi connectivity index (χ1) is 4.57.